The maximum absolute atomic E-state index is 6.49. The number of alkyl halides is 1. The standard InChI is InChI=1S/C15H13BrCl2/c1-10-3-2-4-13(15(10)16)14(18)9-11-5-7-12(17)8-6-11/h2-8,14H,9H2,1H3. The molecule has 2 aromatic carbocycles. The van der Waals surface area contributed by atoms with Crippen molar-refractivity contribution in [2.75, 3.05) is 0 Å². The lowest BCUT2D eigenvalue weighted by atomic mass is 10.0. The Morgan fingerprint density at radius 1 is 1.11 bits per heavy atom. The van der Waals surface area contributed by atoms with Crippen LogP contribution >= 0.6 is 39.1 Å². The molecule has 2 aromatic rings. The Morgan fingerprint density at radius 2 is 1.78 bits per heavy atom. The molecule has 0 aliphatic carbocycles. The Morgan fingerprint density at radius 3 is 2.44 bits per heavy atom. The molecule has 94 valence electrons. The number of halogens is 3. The second kappa shape index (κ2) is 6.10. The molecular formula is C15H13BrCl2. The van der Waals surface area contributed by atoms with Gasteiger partial charge in [0.2, 0.25) is 0 Å². The Labute approximate surface area is 126 Å². The molecule has 1 unspecified atom stereocenters. The average Bonchev–Trinajstić information content (AvgIpc) is 2.35. The number of rotatable bonds is 3. The molecule has 0 saturated heterocycles. The van der Waals surface area contributed by atoms with E-state index in [9.17, 15) is 0 Å². The molecule has 0 amide bonds. The molecular weight excluding hydrogens is 331 g/mol. The highest BCUT2D eigenvalue weighted by Crippen LogP contribution is 2.32. The Balaban J connectivity index is 2.19. The van der Waals surface area contributed by atoms with Crippen molar-refractivity contribution in [2.24, 2.45) is 0 Å². The van der Waals surface area contributed by atoms with Crippen LogP contribution in [0.15, 0.2) is 46.9 Å². The second-order valence-electron chi connectivity index (χ2n) is 4.28. The number of hydrogen-bond donors (Lipinski definition) is 0. The van der Waals surface area contributed by atoms with Crippen molar-refractivity contribution in [3.63, 3.8) is 0 Å². The van der Waals surface area contributed by atoms with Crippen LogP contribution in [0.4, 0.5) is 0 Å². The summed E-state index contributed by atoms with van der Waals surface area (Å²) in [5.41, 5.74) is 3.52. The summed E-state index contributed by atoms with van der Waals surface area (Å²) in [5, 5.41) is 0.710. The van der Waals surface area contributed by atoms with Crippen LogP contribution in [0.25, 0.3) is 0 Å². The highest BCUT2D eigenvalue weighted by Gasteiger charge is 2.13. The summed E-state index contributed by atoms with van der Waals surface area (Å²) in [5.74, 6) is 0. The minimum Gasteiger partial charge on any atom is -0.117 e. The molecule has 0 saturated carbocycles. The van der Waals surface area contributed by atoms with Crippen LogP contribution in [0.2, 0.25) is 5.02 Å². The van der Waals surface area contributed by atoms with Gasteiger partial charge in [-0.15, -0.1) is 11.6 Å². The van der Waals surface area contributed by atoms with E-state index in [-0.39, 0.29) is 5.38 Å². The van der Waals surface area contributed by atoms with E-state index in [1.165, 1.54) is 11.1 Å². The van der Waals surface area contributed by atoms with Crippen LogP contribution in [0.1, 0.15) is 22.1 Å². The first-order valence-electron chi connectivity index (χ1n) is 5.71. The zero-order chi connectivity index (χ0) is 13.1. The van der Waals surface area contributed by atoms with E-state index in [0.29, 0.717) is 0 Å². The smallest absolute Gasteiger partial charge is 0.0636 e. The predicted molar refractivity (Wildman–Crippen MR) is 82.6 cm³/mol. The largest absolute Gasteiger partial charge is 0.117 e. The van der Waals surface area contributed by atoms with Crippen molar-refractivity contribution in [2.45, 2.75) is 18.7 Å². The normalized spacial score (nSPS) is 12.4. The third kappa shape index (κ3) is 3.28. The summed E-state index contributed by atoms with van der Waals surface area (Å²) in [4.78, 5) is 0. The molecule has 0 radical (unpaired) electrons. The van der Waals surface area contributed by atoms with Gasteiger partial charge in [0.1, 0.15) is 0 Å². The lowest BCUT2D eigenvalue weighted by molar-refractivity contribution is 0.912. The van der Waals surface area contributed by atoms with E-state index in [1.807, 2.05) is 30.3 Å². The van der Waals surface area contributed by atoms with E-state index >= 15 is 0 Å². The first-order chi connectivity index (χ1) is 8.58. The first kappa shape index (κ1) is 13.9. The van der Waals surface area contributed by atoms with Crippen molar-refractivity contribution >= 4 is 39.1 Å². The van der Waals surface area contributed by atoms with Crippen LogP contribution in [0.5, 0.6) is 0 Å². The molecule has 0 bridgehead atoms. The fourth-order valence-corrected chi connectivity index (χ4v) is 3.01. The summed E-state index contributed by atoms with van der Waals surface area (Å²) >= 11 is 16.0. The fraction of sp³-hybridized carbons (Fsp3) is 0.200. The molecule has 3 heteroatoms. The van der Waals surface area contributed by atoms with Crippen LogP contribution in [0.3, 0.4) is 0 Å². The number of aryl methyl sites for hydroxylation is 1. The van der Waals surface area contributed by atoms with E-state index in [1.54, 1.807) is 0 Å². The third-order valence-electron chi connectivity index (χ3n) is 2.89. The van der Waals surface area contributed by atoms with Crippen molar-refractivity contribution in [1.29, 1.82) is 0 Å². The molecule has 0 aromatic heterocycles. The topological polar surface area (TPSA) is 0 Å². The molecule has 0 aliphatic heterocycles. The Kier molecular flexibility index (Phi) is 4.71. The van der Waals surface area contributed by atoms with Crippen molar-refractivity contribution in [1.82, 2.24) is 0 Å². The summed E-state index contributed by atoms with van der Waals surface area (Å²) in [7, 11) is 0. The van der Waals surface area contributed by atoms with Gasteiger partial charge >= 0.3 is 0 Å². The molecule has 0 heterocycles. The molecule has 0 fully saturated rings. The number of hydrogen-bond acceptors (Lipinski definition) is 0. The van der Waals surface area contributed by atoms with Gasteiger partial charge < -0.3 is 0 Å². The minimum atomic E-state index is -0.0412. The highest BCUT2D eigenvalue weighted by atomic mass is 79.9. The van der Waals surface area contributed by atoms with Crippen LogP contribution < -0.4 is 0 Å². The number of benzene rings is 2. The summed E-state index contributed by atoms with van der Waals surface area (Å²) in [6, 6.07) is 14.0. The van der Waals surface area contributed by atoms with Gasteiger partial charge in [-0.25, -0.2) is 0 Å². The zero-order valence-electron chi connectivity index (χ0n) is 9.96. The van der Waals surface area contributed by atoms with Crippen molar-refractivity contribution in [3.8, 4) is 0 Å². The summed E-state index contributed by atoms with van der Waals surface area (Å²) < 4.78 is 1.10. The molecule has 18 heavy (non-hydrogen) atoms. The van der Waals surface area contributed by atoms with Gasteiger partial charge in [-0.2, -0.15) is 0 Å². The third-order valence-corrected chi connectivity index (χ3v) is 4.61. The minimum absolute atomic E-state index is 0.0412. The van der Waals surface area contributed by atoms with Gasteiger partial charge in [0.05, 0.1) is 5.38 Å². The van der Waals surface area contributed by atoms with E-state index in [0.717, 1.165) is 21.5 Å². The summed E-state index contributed by atoms with van der Waals surface area (Å²) in [6.45, 7) is 2.07. The van der Waals surface area contributed by atoms with Crippen molar-refractivity contribution < 1.29 is 0 Å². The lowest BCUT2D eigenvalue weighted by Crippen LogP contribution is -1.98. The highest BCUT2D eigenvalue weighted by molar-refractivity contribution is 9.10. The Bertz CT molecular complexity index is 535. The maximum Gasteiger partial charge on any atom is 0.0636 e. The van der Waals surface area contributed by atoms with Crippen LogP contribution in [-0.2, 0) is 6.42 Å². The van der Waals surface area contributed by atoms with Crippen molar-refractivity contribution in [3.05, 3.63) is 68.7 Å². The van der Waals surface area contributed by atoms with Crippen LogP contribution in [0, 0.1) is 6.92 Å². The monoisotopic (exact) mass is 342 g/mol. The predicted octanol–water partition coefficient (Wildman–Crippen LogP) is 5.93. The van der Waals surface area contributed by atoms with E-state index in [2.05, 4.69) is 35.0 Å². The molecule has 0 aliphatic rings. The summed E-state index contributed by atoms with van der Waals surface area (Å²) in [6.07, 6.45) is 0.792. The molecule has 0 nitrogen and oxygen atoms in total. The quantitative estimate of drug-likeness (QED) is 0.605. The van der Waals surface area contributed by atoms with Gasteiger partial charge in [-0.3, -0.25) is 0 Å². The maximum atomic E-state index is 6.49. The Hall–Kier alpha value is -0.500. The molecule has 0 N–H and O–H groups in total. The molecule has 1 atom stereocenters. The van der Waals surface area contributed by atoms with Gasteiger partial charge in [-0.05, 0) is 42.2 Å². The van der Waals surface area contributed by atoms with E-state index in [4.69, 9.17) is 23.2 Å². The average molecular weight is 344 g/mol. The molecule has 0 spiro atoms. The lowest BCUT2D eigenvalue weighted by Gasteiger charge is -2.13. The SMILES string of the molecule is Cc1cccc(C(Cl)Cc2ccc(Cl)cc2)c1Br. The first-order valence-corrected chi connectivity index (χ1v) is 7.32. The zero-order valence-corrected chi connectivity index (χ0v) is 13.1. The van der Waals surface area contributed by atoms with Gasteiger partial charge in [0, 0.05) is 9.50 Å². The van der Waals surface area contributed by atoms with Gasteiger partial charge in [0.25, 0.3) is 0 Å². The fourth-order valence-electron chi connectivity index (χ4n) is 1.85. The molecule has 2 rings (SSSR count). The second-order valence-corrected chi connectivity index (χ2v) is 6.03. The van der Waals surface area contributed by atoms with Crippen LogP contribution in [-0.4, -0.2) is 0 Å². The van der Waals surface area contributed by atoms with Gasteiger partial charge in [0.15, 0.2) is 0 Å². The van der Waals surface area contributed by atoms with Gasteiger partial charge in [-0.1, -0.05) is 57.9 Å². The van der Waals surface area contributed by atoms with E-state index < -0.39 is 0 Å².